The molecule has 1 N–H and O–H groups in total. The summed E-state index contributed by atoms with van der Waals surface area (Å²) in [6, 6.07) is 12.2. The Balaban J connectivity index is 0.000000689. The minimum atomic E-state index is -2.83. The van der Waals surface area contributed by atoms with Crippen LogP contribution in [0.1, 0.15) is 71.9 Å². The summed E-state index contributed by atoms with van der Waals surface area (Å²) in [6.07, 6.45) is 3.42. The summed E-state index contributed by atoms with van der Waals surface area (Å²) < 4.78 is 31.7. The van der Waals surface area contributed by atoms with Crippen LogP contribution in [0.5, 0.6) is 0 Å². The Morgan fingerprint density at radius 3 is 2.34 bits per heavy atom. The molecule has 1 saturated carbocycles. The van der Waals surface area contributed by atoms with Gasteiger partial charge in [0, 0.05) is 34.8 Å². The molecule has 1 aromatic carbocycles. The summed E-state index contributed by atoms with van der Waals surface area (Å²) >= 11 is 0. The van der Waals surface area contributed by atoms with Crippen molar-refractivity contribution in [2.75, 3.05) is 4.90 Å². The molecule has 1 aliphatic carbocycles. The van der Waals surface area contributed by atoms with Gasteiger partial charge in [0.25, 0.3) is 0 Å². The summed E-state index contributed by atoms with van der Waals surface area (Å²) in [4.78, 5) is 30.7. The molecule has 6 rings (SSSR count). The third-order valence-electron chi connectivity index (χ3n) is 7.26. The number of hydrogen-bond donors (Lipinski definition) is 1. The highest BCUT2D eigenvalue weighted by molar-refractivity contribution is 5.85. The van der Waals surface area contributed by atoms with Crippen LogP contribution in [-0.4, -0.2) is 50.7 Å². The van der Waals surface area contributed by atoms with Crippen LogP contribution in [0.4, 0.5) is 19.5 Å². The monoisotopic (exact) mass is 526 g/mol. The standard InChI is InChI=1S/C26H28N4O4.CF2O/c1-15-11-22(25(31)32)28-26(27-15)30-18-9-10-19(30)13-20(12-18)33-14-21-23(16-5-3-2-4-6-16)29-34-24(21)17-7-8-17;2-1(3)4/h2-6,11,17-20H,7-10,12-14H2,1H3,(H,31,32);/t18-,19?,20?;/m0./s1. The number of anilines is 1. The third-order valence-corrected chi connectivity index (χ3v) is 7.26. The van der Waals surface area contributed by atoms with E-state index in [1.165, 1.54) is 6.07 Å². The van der Waals surface area contributed by atoms with E-state index in [4.69, 9.17) is 14.1 Å². The molecule has 3 aromatic rings. The Bertz CT molecular complexity index is 1300. The van der Waals surface area contributed by atoms with Crippen LogP contribution >= 0.6 is 0 Å². The second-order valence-electron chi connectivity index (χ2n) is 9.94. The minimum Gasteiger partial charge on any atom is -0.477 e. The lowest BCUT2D eigenvalue weighted by atomic mass is 9.99. The summed E-state index contributed by atoms with van der Waals surface area (Å²) in [7, 11) is 0. The number of carboxylic acid groups (broad SMARTS) is 1. The van der Waals surface area contributed by atoms with Crippen molar-refractivity contribution in [2.45, 2.75) is 76.2 Å². The number of nitrogens with zero attached hydrogens (tertiary/aromatic N) is 4. The number of rotatable bonds is 7. The smallest absolute Gasteiger partial charge is 0.477 e. The van der Waals surface area contributed by atoms with E-state index in [-0.39, 0.29) is 23.9 Å². The van der Waals surface area contributed by atoms with Crippen molar-refractivity contribution < 1.29 is 32.7 Å². The van der Waals surface area contributed by atoms with Crippen LogP contribution < -0.4 is 4.90 Å². The maximum absolute atomic E-state index is 11.5. The Morgan fingerprint density at radius 2 is 1.74 bits per heavy atom. The van der Waals surface area contributed by atoms with E-state index in [0.717, 1.165) is 61.1 Å². The van der Waals surface area contributed by atoms with Gasteiger partial charge in [0.15, 0.2) is 5.69 Å². The molecule has 4 heterocycles. The van der Waals surface area contributed by atoms with Crippen LogP contribution in [0, 0.1) is 6.92 Å². The highest BCUT2D eigenvalue weighted by Crippen LogP contribution is 2.45. The molecule has 3 aliphatic rings. The lowest BCUT2D eigenvalue weighted by molar-refractivity contribution is 0.0144. The maximum Gasteiger partial charge on any atom is 0.483 e. The van der Waals surface area contributed by atoms with E-state index in [9.17, 15) is 18.7 Å². The van der Waals surface area contributed by atoms with Crippen molar-refractivity contribution in [3.63, 3.8) is 0 Å². The number of fused-ring (bicyclic) bond motifs is 2. The quantitative estimate of drug-likeness (QED) is 0.382. The van der Waals surface area contributed by atoms with Crippen molar-refractivity contribution in [2.24, 2.45) is 0 Å². The van der Waals surface area contributed by atoms with Crippen molar-refractivity contribution in [3.05, 3.63) is 59.1 Å². The summed E-state index contributed by atoms with van der Waals surface area (Å²) in [5.74, 6) is 0.952. The van der Waals surface area contributed by atoms with Gasteiger partial charge in [0.05, 0.1) is 12.7 Å². The average molecular weight is 527 g/mol. The van der Waals surface area contributed by atoms with E-state index in [2.05, 4.69) is 32.2 Å². The predicted octanol–water partition coefficient (Wildman–Crippen LogP) is 5.78. The summed E-state index contributed by atoms with van der Waals surface area (Å²) in [6.45, 7) is 2.31. The maximum atomic E-state index is 11.5. The van der Waals surface area contributed by atoms with E-state index in [1.54, 1.807) is 0 Å². The Hall–Kier alpha value is -3.73. The molecule has 2 aliphatic heterocycles. The second-order valence-corrected chi connectivity index (χ2v) is 9.94. The molecule has 0 radical (unpaired) electrons. The van der Waals surface area contributed by atoms with Gasteiger partial charge < -0.3 is 19.3 Å². The van der Waals surface area contributed by atoms with Crippen LogP contribution in [0.2, 0.25) is 0 Å². The first-order chi connectivity index (χ1) is 18.3. The summed E-state index contributed by atoms with van der Waals surface area (Å²) in [5, 5.41) is 13.8. The van der Waals surface area contributed by atoms with Gasteiger partial charge in [0.1, 0.15) is 11.5 Å². The largest absolute Gasteiger partial charge is 0.483 e. The second kappa shape index (κ2) is 10.9. The van der Waals surface area contributed by atoms with Crippen LogP contribution in [0.3, 0.4) is 0 Å². The lowest BCUT2D eigenvalue weighted by Gasteiger charge is -2.39. The van der Waals surface area contributed by atoms with Gasteiger partial charge in [-0.25, -0.2) is 19.6 Å². The lowest BCUT2D eigenvalue weighted by Crippen LogP contribution is -2.46. The molecule has 3 fully saturated rings. The van der Waals surface area contributed by atoms with E-state index >= 15 is 0 Å². The van der Waals surface area contributed by atoms with E-state index in [1.807, 2.05) is 25.1 Å². The van der Waals surface area contributed by atoms with Gasteiger partial charge >= 0.3 is 12.3 Å². The molecule has 200 valence electrons. The van der Waals surface area contributed by atoms with Gasteiger partial charge in [-0.15, -0.1) is 8.78 Å². The first kappa shape index (κ1) is 25.9. The first-order valence-corrected chi connectivity index (χ1v) is 12.7. The van der Waals surface area contributed by atoms with Gasteiger partial charge in [-0.1, -0.05) is 35.5 Å². The normalized spacial score (nSPS) is 22.1. The summed E-state index contributed by atoms with van der Waals surface area (Å²) in [5.41, 5.74) is 3.74. The molecule has 11 heteroatoms. The molecule has 2 unspecified atom stereocenters. The number of aromatic nitrogens is 3. The molecule has 0 amide bonds. The highest BCUT2D eigenvalue weighted by Gasteiger charge is 2.43. The molecular formula is C27H28F2N4O5. The number of aromatic carboxylic acids is 1. The fourth-order valence-corrected chi connectivity index (χ4v) is 5.52. The van der Waals surface area contributed by atoms with E-state index in [0.29, 0.717) is 24.2 Å². The van der Waals surface area contributed by atoms with Gasteiger partial charge in [-0.05, 0) is 51.5 Å². The highest BCUT2D eigenvalue weighted by atomic mass is 19.3. The van der Waals surface area contributed by atoms with Gasteiger partial charge in [-0.3, -0.25) is 0 Å². The van der Waals surface area contributed by atoms with Crippen LogP contribution in [0.15, 0.2) is 40.9 Å². The molecule has 2 bridgehead atoms. The number of carbonyl (C=O) groups excluding carboxylic acids is 1. The number of benzene rings is 1. The van der Waals surface area contributed by atoms with Crippen molar-refractivity contribution >= 4 is 18.2 Å². The van der Waals surface area contributed by atoms with E-state index < -0.39 is 12.3 Å². The van der Waals surface area contributed by atoms with Gasteiger partial charge in [0.2, 0.25) is 5.95 Å². The zero-order valence-electron chi connectivity index (χ0n) is 20.8. The minimum absolute atomic E-state index is 0.0498. The third kappa shape index (κ3) is 5.72. The fraction of sp³-hybridized carbons (Fsp3) is 0.444. The van der Waals surface area contributed by atoms with Crippen molar-refractivity contribution in [1.82, 2.24) is 15.1 Å². The van der Waals surface area contributed by atoms with Gasteiger partial charge in [-0.2, -0.15) is 0 Å². The SMILES string of the molecule is Cc1cc(C(=O)O)nc(N2C3CC[C@H]2CC(OCc2c(-c4ccccc4)noc2C2CC2)C3)n1.O=C(F)F. The van der Waals surface area contributed by atoms with Crippen molar-refractivity contribution in [1.29, 1.82) is 0 Å². The fourth-order valence-electron chi connectivity index (χ4n) is 5.52. The number of piperidine rings is 1. The zero-order chi connectivity index (χ0) is 26.8. The average Bonchev–Trinajstić information content (AvgIpc) is 3.58. The zero-order valence-corrected chi connectivity index (χ0v) is 20.8. The molecule has 3 atom stereocenters. The molecule has 0 spiro atoms. The number of carboxylic acids is 1. The number of carbonyl (C=O) groups is 2. The molecular weight excluding hydrogens is 498 g/mol. The van der Waals surface area contributed by atoms with Crippen molar-refractivity contribution in [3.8, 4) is 11.3 Å². The molecule has 38 heavy (non-hydrogen) atoms. The number of ether oxygens (including phenoxy) is 1. The Labute approximate surface area is 217 Å². The number of hydrogen-bond acceptors (Lipinski definition) is 8. The molecule has 9 nitrogen and oxygen atoms in total. The molecule has 2 aromatic heterocycles. The number of aryl methyl sites for hydroxylation is 1. The first-order valence-electron chi connectivity index (χ1n) is 12.7. The van der Waals surface area contributed by atoms with Crippen LogP contribution in [-0.2, 0) is 11.3 Å². The predicted molar refractivity (Wildman–Crippen MR) is 132 cm³/mol. The topological polar surface area (TPSA) is 119 Å². The Kier molecular flexibility index (Phi) is 7.46. The molecule has 2 saturated heterocycles. The Morgan fingerprint density at radius 1 is 1.08 bits per heavy atom. The number of halogens is 2. The van der Waals surface area contributed by atoms with Crippen LogP contribution in [0.25, 0.3) is 11.3 Å².